The standard InChI is InChI=1S/C18H18FN3O3S/c1-12-17(24)21(11-16(23)20(2)10-15-4-3-9-26-15)18(25)22(12)14-7-5-13(19)6-8-14/h3-9,12H,10-11H2,1-2H3. The van der Waals surface area contributed by atoms with Gasteiger partial charge in [0.05, 0.1) is 6.54 Å². The molecule has 26 heavy (non-hydrogen) atoms. The molecule has 8 heteroatoms. The summed E-state index contributed by atoms with van der Waals surface area (Å²) >= 11 is 1.53. The molecule has 1 saturated heterocycles. The number of hydrogen-bond acceptors (Lipinski definition) is 4. The summed E-state index contributed by atoms with van der Waals surface area (Å²) in [5, 5.41) is 1.92. The molecule has 6 nitrogen and oxygen atoms in total. The van der Waals surface area contributed by atoms with Gasteiger partial charge in [-0.1, -0.05) is 6.07 Å². The number of imide groups is 1. The van der Waals surface area contributed by atoms with E-state index in [0.717, 1.165) is 9.78 Å². The summed E-state index contributed by atoms with van der Waals surface area (Å²) in [4.78, 5) is 42.3. The van der Waals surface area contributed by atoms with Gasteiger partial charge in [0.1, 0.15) is 18.4 Å². The Hall–Kier alpha value is -2.74. The molecule has 3 rings (SSSR count). The van der Waals surface area contributed by atoms with Crippen molar-refractivity contribution in [3.8, 4) is 0 Å². The van der Waals surface area contributed by atoms with Crippen molar-refractivity contribution in [1.29, 1.82) is 0 Å². The van der Waals surface area contributed by atoms with E-state index in [9.17, 15) is 18.8 Å². The van der Waals surface area contributed by atoms with Gasteiger partial charge >= 0.3 is 6.03 Å². The molecule has 1 fully saturated rings. The second-order valence-corrected chi connectivity index (χ2v) is 7.09. The highest BCUT2D eigenvalue weighted by Gasteiger charge is 2.44. The third kappa shape index (κ3) is 3.45. The van der Waals surface area contributed by atoms with Crippen molar-refractivity contribution in [2.45, 2.75) is 19.5 Å². The van der Waals surface area contributed by atoms with E-state index in [4.69, 9.17) is 0 Å². The maximum atomic E-state index is 13.1. The van der Waals surface area contributed by atoms with Gasteiger partial charge < -0.3 is 4.90 Å². The molecule has 1 aromatic heterocycles. The Bertz CT molecular complexity index is 823. The number of nitrogens with zero attached hydrogens (tertiary/aromatic N) is 3. The first-order valence-corrected chi connectivity index (χ1v) is 8.93. The van der Waals surface area contributed by atoms with E-state index in [2.05, 4.69) is 0 Å². The van der Waals surface area contributed by atoms with Crippen molar-refractivity contribution in [3.63, 3.8) is 0 Å². The lowest BCUT2D eigenvalue weighted by molar-refractivity contribution is -0.136. The summed E-state index contributed by atoms with van der Waals surface area (Å²) in [5.74, 6) is -1.20. The van der Waals surface area contributed by atoms with E-state index >= 15 is 0 Å². The Kier molecular flexibility index (Phi) is 5.03. The van der Waals surface area contributed by atoms with Crippen molar-refractivity contribution in [3.05, 3.63) is 52.5 Å². The van der Waals surface area contributed by atoms with Crippen molar-refractivity contribution < 1.29 is 18.8 Å². The predicted octanol–water partition coefficient (Wildman–Crippen LogP) is 2.70. The van der Waals surface area contributed by atoms with E-state index in [1.807, 2.05) is 17.5 Å². The lowest BCUT2D eigenvalue weighted by atomic mass is 10.2. The van der Waals surface area contributed by atoms with Crippen LogP contribution < -0.4 is 4.90 Å². The third-order valence-electron chi connectivity index (χ3n) is 4.24. The highest BCUT2D eigenvalue weighted by molar-refractivity contribution is 7.09. The summed E-state index contributed by atoms with van der Waals surface area (Å²) < 4.78 is 13.1. The second-order valence-electron chi connectivity index (χ2n) is 6.06. The number of carbonyl (C=O) groups excluding carboxylic acids is 3. The number of rotatable bonds is 5. The summed E-state index contributed by atoms with van der Waals surface area (Å²) in [7, 11) is 1.63. The largest absolute Gasteiger partial charge is 0.339 e. The Morgan fingerprint density at radius 2 is 1.92 bits per heavy atom. The average molecular weight is 375 g/mol. The molecule has 0 bridgehead atoms. The molecule has 0 N–H and O–H groups in total. The van der Waals surface area contributed by atoms with Gasteiger partial charge in [0, 0.05) is 17.6 Å². The van der Waals surface area contributed by atoms with Crippen LogP contribution in [0.4, 0.5) is 14.9 Å². The van der Waals surface area contributed by atoms with Crippen LogP contribution >= 0.6 is 11.3 Å². The van der Waals surface area contributed by atoms with Crippen LogP contribution in [0, 0.1) is 5.82 Å². The first-order valence-electron chi connectivity index (χ1n) is 8.05. The fraction of sp³-hybridized carbons (Fsp3) is 0.278. The molecule has 0 spiro atoms. The third-order valence-corrected chi connectivity index (χ3v) is 5.11. The molecule has 1 aromatic carbocycles. The summed E-state index contributed by atoms with van der Waals surface area (Å²) in [6, 6.07) is 7.81. The summed E-state index contributed by atoms with van der Waals surface area (Å²) in [6.07, 6.45) is 0. The molecule has 2 heterocycles. The van der Waals surface area contributed by atoms with E-state index in [0.29, 0.717) is 12.2 Å². The van der Waals surface area contributed by atoms with Crippen molar-refractivity contribution in [2.75, 3.05) is 18.5 Å². The molecular weight excluding hydrogens is 357 g/mol. The highest BCUT2D eigenvalue weighted by atomic mass is 32.1. The zero-order valence-corrected chi connectivity index (χ0v) is 15.2. The normalized spacial score (nSPS) is 17.1. The minimum atomic E-state index is -0.747. The molecule has 4 amide bonds. The second kappa shape index (κ2) is 7.25. The van der Waals surface area contributed by atoms with Gasteiger partial charge in [-0.3, -0.25) is 19.4 Å². The summed E-state index contributed by atoms with van der Waals surface area (Å²) in [6.45, 7) is 1.69. The number of likely N-dealkylation sites (N-methyl/N-ethyl adjacent to an activating group) is 1. The first kappa shape index (κ1) is 18.1. The molecular formula is C18H18FN3O3S. The highest BCUT2D eigenvalue weighted by Crippen LogP contribution is 2.26. The first-order chi connectivity index (χ1) is 12.4. The van der Waals surface area contributed by atoms with Crippen molar-refractivity contribution in [1.82, 2.24) is 9.80 Å². The number of urea groups is 1. The van der Waals surface area contributed by atoms with Crippen LogP contribution in [0.25, 0.3) is 0 Å². The van der Waals surface area contributed by atoms with Crippen LogP contribution in [-0.2, 0) is 16.1 Å². The zero-order valence-electron chi connectivity index (χ0n) is 14.4. The van der Waals surface area contributed by atoms with Crippen LogP contribution in [-0.4, -0.2) is 47.3 Å². The fourth-order valence-corrected chi connectivity index (χ4v) is 3.54. The maximum absolute atomic E-state index is 13.1. The quantitative estimate of drug-likeness (QED) is 0.755. The Morgan fingerprint density at radius 1 is 1.23 bits per heavy atom. The molecule has 2 aromatic rings. The SMILES string of the molecule is CC1C(=O)N(CC(=O)N(C)Cc2cccs2)C(=O)N1c1ccc(F)cc1. The number of carbonyl (C=O) groups is 3. The molecule has 1 unspecified atom stereocenters. The fourth-order valence-electron chi connectivity index (χ4n) is 2.79. The van der Waals surface area contributed by atoms with Crippen LogP contribution in [0.3, 0.4) is 0 Å². The van der Waals surface area contributed by atoms with E-state index in [1.54, 1.807) is 14.0 Å². The lowest BCUT2D eigenvalue weighted by Crippen LogP contribution is -2.42. The number of halogens is 1. The van der Waals surface area contributed by atoms with Crippen LogP contribution in [0.15, 0.2) is 41.8 Å². The monoisotopic (exact) mass is 375 g/mol. The zero-order chi connectivity index (χ0) is 18.8. The van der Waals surface area contributed by atoms with Gasteiger partial charge in [0.25, 0.3) is 5.91 Å². The van der Waals surface area contributed by atoms with E-state index < -0.39 is 23.8 Å². The number of anilines is 1. The summed E-state index contributed by atoms with van der Waals surface area (Å²) in [5.41, 5.74) is 0.416. The van der Waals surface area contributed by atoms with Gasteiger partial charge in [0.15, 0.2) is 0 Å². The molecule has 1 atom stereocenters. The topological polar surface area (TPSA) is 60.9 Å². The van der Waals surface area contributed by atoms with Crippen LogP contribution in [0.2, 0.25) is 0 Å². The predicted molar refractivity (Wildman–Crippen MR) is 96.2 cm³/mol. The molecule has 0 aliphatic carbocycles. The Labute approximate surface area is 154 Å². The molecule has 0 saturated carbocycles. The molecule has 0 radical (unpaired) electrons. The minimum absolute atomic E-state index is 0.318. The van der Waals surface area contributed by atoms with E-state index in [-0.39, 0.29) is 12.5 Å². The van der Waals surface area contributed by atoms with Gasteiger partial charge in [-0.15, -0.1) is 11.3 Å². The van der Waals surface area contributed by atoms with Gasteiger partial charge in [-0.25, -0.2) is 9.18 Å². The molecule has 136 valence electrons. The number of hydrogen-bond donors (Lipinski definition) is 0. The van der Waals surface area contributed by atoms with Gasteiger partial charge in [-0.05, 0) is 42.6 Å². The Balaban J connectivity index is 1.71. The number of benzene rings is 1. The minimum Gasteiger partial charge on any atom is -0.339 e. The average Bonchev–Trinajstić information content (AvgIpc) is 3.19. The van der Waals surface area contributed by atoms with Crippen molar-refractivity contribution >= 4 is 34.9 Å². The van der Waals surface area contributed by atoms with Crippen LogP contribution in [0.5, 0.6) is 0 Å². The molecule has 1 aliphatic rings. The van der Waals surface area contributed by atoms with Gasteiger partial charge in [-0.2, -0.15) is 0 Å². The van der Waals surface area contributed by atoms with Gasteiger partial charge in [0.2, 0.25) is 5.91 Å². The van der Waals surface area contributed by atoms with Crippen LogP contribution in [0.1, 0.15) is 11.8 Å². The smallest absolute Gasteiger partial charge is 0.332 e. The number of amides is 4. The lowest BCUT2D eigenvalue weighted by Gasteiger charge is -2.21. The van der Waals surface area contributed by atoms with E-state index in [1.165, 1.54) is 45.4 Å². The Morgan fingerprint density at radius 3 is 2.54 bits per heavy atom. The number of thiophene rings is 1. The maximum Gasteiger partial charge on any atom is 0.332 e. The molecule has 1 aliphatic heterocycles. The van der Waals surface area contributed by atoms with Crippen molar-refractivity contribution in [2.24, 2.45) is 0 Å².